The fraction of sp³-hybridized carbons (Fsp3) is 0.0800. The van der Waals surface area contributed by atoms with Crippen molar-refractivity contribution in [2.24, 2.45) is 0 Å². The Morgan fingerprint density at radius 3 is 2.58 bits per heavy atom. The molecular weight excluding hydrogens is 390 g/mol. The first-order valence-electron chi connectivity index (χ1n) is 9.84. The van der Waals surface area contributed by atoms with Gasteiger partial charge in [0.1, 0.15) is 5.75 Å². The highest BCUT2D eigenvalue weighted by molar-refractivity contribution is 6.09. The largest absolute Gasteiger partial charge is 0.496 e. The molecule has 0 saturated carbocycles. The summed E-state index contributed by atoms with van der Waals surface area (Å²) in [6, 6.07) is 20.8. The SMILES string of the molecule is COc1cc2ccccc2cc1C(=O)Nc1cccc(-c2nc3ncccc3o2)c1C. The van der Waals surface area contributed by atoms with Crippen LogP contribution in [0.1, 0.15) is 15.9 Å². The van der Waals surface area contributed by atoms with Crippen LogP contribution < -0.4 is 10.1 Å². The highest BCUT2D eigenvalue weighted by atomic mass is 16.5. The molecule has 31 heavy (non-hydrogen) atoms. The Morgan fingerprint density at radius 2 is 1.81 bits per heavy atom. The van der Waals surface area contributed by atoms with Gasteiger partial charge in [0.25, 0.3) is 5.91 Å². The van der Waals surface area contributed by atoms with Gasteiger partial charge in [-0.1, -0.05) is 30.3 Å². The number of ether oxygens (including phenoxy) is 1. The summed E-state index contributed by atoms with van der Waals surface area (Å²) in [5.41, 5.74) is 3.95. The molecule has 0 aliphatic carbocycles. The Hall–Kier alpha value is -4.19. The summed E-state index contributed by atoms with van der Waals surface area (Å²) >= 11 is 0. The van der Waals surface area contributed by atoms with Gasteiger partial charge < -0.3 is 14.5 Å². The van der Waals surface area contributed by atoms with Crippen LogP contribution in [0.25, 0.3) is 33.5 Å². The predicted octanol–water partition coefficient (Wildman–Crippen LogP) is 5.61. The number of methoxy groups -OCH3 is 1. The number of aromatic nitrogens is 2. The lowest BCUT2D eigenvalue weighted by molar-refractivity contribution is 0.102. The number of amides is 1. The van der Waals surface area contributed by atoms with E-state index in [4.69, 9.17) is 9.15 Å². The third kappa shape index (κ3) is 3.38. The summed E-state index contributed by atoms with van der Waals surface area (Å²) in [5, 5.41) is 4.99. The second-order valence-corrected chi connectivity index (χ2v) is 7.18. The molecule has 0 aliphatic rings. The van der Waals surface area contributed by atoms with Gasteiger partial charge in [0.2, 0.25) is 5.89 Å². The maximum absolute atomic E-state index is 13.1. The van der Waals surface area contributed by atoms with Crippen molar-refractivity contribution in [3.05, 3.63) is 84.1 Å². The average Bonchev–Trinajstić information content (AvgIpc) is 3.23. The Labute approximate surface area is 178 Å². The molecule has 0 spiro atoms. The van der Waals surface area contributed by atoms with Gasteiger partial charge in [-0.15, -0.1) is 0 Å². The molecule has 0 unspecified atom stereocenters. The van der Waals surface area contributed by atoms with Crippen LogP contribution in [-0.4, -0.2) is 23.0 Å². The lowest BCUT2D eigenvalue weighted by Crippen LogP contribution is -2.14. The number of anilines is 1. The Bertz CT molecular complexity index is 1410. The lowest BCUT2D eigenvalue weighted by Gasteiger charge is -2.13. The molecule has 5 rings (SSSR count). The first-order chi connectivity index (χ1) is 15.1. The summed E-state index contributed by atoms with van der Waals surface area (Å²) in [4.78, 5) is 21.8. The van der Waals surface area contributed by atoms with E-state index in [1.807, 2.05) is 67.6 Å². The number of benzene rings is 3. The summed E-state index contributed by atoms with van der Waals surface area (Å²) in [5.74, 6) is 0.739. The first-order valence-corrected chi connectivity index (χ1v) is 9.84. The Kier molecular flexibility index (Phi) is 4.59. The molecule has 1 N–H and O–H groups in total. The number of hydrogen-bond donors (Lipinski definition) is 1. The van der Waals surface area contributed by atoms with Gasteiger partial charge in [-0.25, -0.2) is 4.98 Å². The monoisotopic (exact) mass is 409 g/mol. The Balaban J connectivity index is 1.51. The minimum absolute atomic E-state index is 0.248. The number of oxazole rings is 1. The maximum atomic E-state index is 13.1. The van der Waals surface area contributed by atoms with Gasteiger partial charge in [-0.3, -0.25) is 4.79 Å². The van der Waals surface area contributed by atoms with E-state index in [0.717, 1.165) is 21.9 Å². The molecule has 6 heteroatoms. The summed E-state index contributed by atoms with van der Waals surface area (Å²) in [6.07, 6.45) is 1.68. The molecule has 2 heterocycles. The molecule has 0 fully saturated rings. The highest BCUT2D eigenvalue weighted by Gasteiger charge is 2.17. The number of nitrogens with one attached hydrogen (secondary N) is 1. The van der Waals surface area contributed by atoms with Gasteiger partial charge in [-0.2, -0.15) is 4.98 Å². The van der Waals surface area contributed by atoms with Crippen molar-refractivity contribution in [2.75, 3.05) is 12.4 Å². The van der Waals surface area contributed by atoms with Crippen LogP contribution in [0.3, 0.4) is 0 Å². The number of fused-ring (bicyclic) bond motifs is 2. The van der Waals surface area contributed by atoms with E-state index in [1.165, 1.54) is 0 Å². The smallest absolute Gasteiger partial charge is 0.259 e. The summed E-state index contributed by atoms with van der Waals surface area (Å²) in [7, 11) is 1.56. The zero-order chi connectivity index (χ0) is 21.4. The molecule has 0 bridgehead atoms. The van der Waals surface area contributed by atoms with Crippen LogP contribution >= 0.6 is 0 Å². The van der Waals surface area contributed by atoms with Crippen LogP contribution in [0.5, 0.6) is 5.75 Å². The quantitative estimate of drug-likeness (QED) is 0.417. The van der Waals surface area contributed by atoms with Crippen LogP contribution in [0.15, 0.2) is 77.3 Å². The molecule has 152 valence electrons. The third-order valence-corrected chi connectivity index (χ3v) is 5.29. The van der Waals surface area contributed by atoms with Crippen molar-refractivity contribution in [3.63, 3.8) is 0 Å². The van der Waals surface area contributed by atoms with Crippen molar-refractivity contribution in [1.82, 2.24) is 9.97 Å². The molecule has 2 aromatic heterocycles. The molecular formula is C25H19N3O3. The second-order valence-electron chi connectivity index (χ2n) is 7.18. The molecule has 5 aromatic rings. The zero-order valence-corrected chi connectivity index (χ0v) is 17.0. The minimum atomic E-state index is -0.248. The molecule has 0 saturated heterocycles. The number of carbonyl (C=O) groups excluding carboxylic acids is 1. The predicted molar refractivity (Wildman–Crippen MR) is 120 cm³/mol. The molecule has 0 atom stereocenters. The van der Waals surface area contributed by atoms with Crippen LogP contribution in [0, 0.1) is 6.92 Å². The van der Waals surface area contributed by atoms with Crippen molar-refractivity contribution < 1.29 is 13.9 Å². The lowest BCUT2D eigenvalue weighted by atomic mass is 10.0. The number of carbonyl (C=O) groups is 1. The van der Waals surface area contributed by atoms with E-state index < -0.39 is 0 Å². The first kappa shape index (κ1) is 18.8. The molecule has 3 aromatic carbocycles. The third-order valence-electron chi connectivity index (χ3n) is 5.29. The van der Waals surface area contributed by atoms with E-state index in [2.05, 4.69) is 15.3 Å². The minimum Gasteiger partial charge on any atom is -0.496 e. The van der Waals surface area contributed by atoms with Crippen LogP contribution in [0.4, 0.5) is 5.69 Å². The normalized spacial score (nSPS) is 11.0. The second kappa shape index (κ2) is 7.57. The van der Waals surface area contributed by atoms with Crippen molar-refractivity contribution in [2.45, 2.75) is 6.92 Å². The van der Waals surface area contributed by atoms with Crippen LogP contribution in [0.2, 0.25) is 0 Å². The maximum Gasteiger partial charge on any atom is 0.259 e. The average molecular weight is 409 g/mol. The van der Waals surface area contributed by atoms with E-state index in [1.54, 1.807) is 19.4 Å². The zero-order valence-electron chi connectivity index (χ0n) is 17.0. The molecule has 1 amide bonds. The van der Waals surface area contributed by atoms with Crippen molar-refractivity contribution in [1.29, 1.82) is 0 Å². The molecule has 6 nitrogen and oxygen atoms in total. The standard InChI is InChI=1S/C25H19N3O3/c1-15-18(25-28-23-21(31-25)11-6-12-26-23)9-5-10-20(15)27-24(29)19-13-16-7-3-4-8-17(16)14-22(19)30-2/h3-14H,1-2H3,(H,27,29). The van der Waals surface area contributed by atoms with E-state index in [-0.39, 0.29) is 5.91 Å². The van der Waals surface area contributed by atoms with Gasteiger partial charge in [0.15, 0.2) is 11.2 Å². The van der Waals surface area contributed by atoms with E-state index >= 15 is 0 Å². The van der Waals surface area contributed by atoms with Gasteiger partial charge in [0.05, 0.1) is 12.7 Å². The number of nitrogens with zero attached hydrogens (tertiary/aromatic N) is 2. The summed E-state index contributed by atoms with van der Waals surface area (Å²) < 4.78 is 11.3. The number of rotatable bonds is 4. The van der Waals surface area contributed by atoms with Gasteiger partial charge in [0, 0.05) is 17.4 Å². The molecule has 0 radical (unpaired) electrons. The van der Waals surface area contributed by atoms with E-state index in [0.29, 0.717) is 34.1 Å². The van der Waals surface area contributed by atoms with Crippen molar-refractivity contribution in [3.8, 4) is 17.2 Å². The number of pyridine rings is 1. The number of hydrogen-bond acceptors (Lipinski definition) is 5. The summed E-state index contributed by atoms with van der Waals surface area (Å²) in [6.45, 7) is 1.92. The topological polar surface area (TPSA) is 77.2 Å². The van der Waals surface area contributed by atoms with Crippen molar-refractivity contribution >= 4 is 33.6 Å². The van der Waals surface area contributed by atoms with Crippen LogP contribution in [-0.2, 0) is 0 Å². The van der Waals surface area contributed by atoms with E-state index in [9.17, 15) is 4.79 Å². The van der Waals surface area contributed by atoms with Gasteiger partial charge in [-0.05, 0) is 59.7 Å². The molecule has 0 aliphatic heterocycles. The fourth-order valence-electron chi connectivity index (χ4n) is 3.64. The van der Waals surface area contributed by atoms with Gasteiger partial charge >= 0.3 is 0 Å². The Morgan fingerprint density at radius 1 is 1.00 bits per heavy atom. The fourth-order valence-corrected chi connectivity index (χ4v) is 3.64. The highest BCUT2D eigenvalue weighted by Crippen LogP contribution is 2.31.